The molecule has 15 heavy (non-hydrogen) atoms. The number of allylic oxidation sites excluding steroid dienone is 1. The van der Waals surface area contributed by atoms with Crippen LogP contribution < -0.4 is 0 Å². The van der Waals surface area contributed by atoms with Crippen LogP contribution in [0, 0.1) is 5.92 Å². The van der Waals surface area contributed by atoms with Crippen molar-refractivity contribution in [2.45, 2.75) is 20.8 Å². The van der Waals surface area contributed by atoms with Crippen molar-refractivity contribution < 1.29 is 9.53 Å². The zero-order valence-corrected chi connectivity index (χ0v) is 9.69. The van der Waals surface area contributed by atoms with Gasteiger partial charge in [-0.25, -0.2) is 4.79 Å². The van der Waals surface area contributed by atoms with Crippen LogP contribution in [-0.2, 0) is 9.53 Å². The molecule has 0 unspecified atom stereocenters. The Bertz CT molecular complexity index is 265. The number of aliphatic imine (C=N–C) groups is 1. The van der Waals surface area contributed by atoms with E-state index in [1.165, 1.54) is 0 Å². The van der Waals surface area contributed by atoms with Crippen LogP contribution in [0.15, 0.2) is 29.3 Å². The Morgan fingerprint density at radius 3 is 2.73 bits per heavy atom. The lowest BCUT2D eigenvalue weighted by atomic mass is 10.2. The van der Waals surface area contributed by atoms with Crippen molar-refractivity contribution in [3.05, 3.63) is 24.3 Å². The van der Waals surface area contributed by atoms with Crippen molar-refractivity contribution in [2.24, 2.45) is 10.9 Å². The molecule has 0 aromatic heterocycles. The predicted molar refractivity (Wildman–Crippen MR) is 63.1 cm³/mol. The van der Waals surface area contributed by atoms with E-state index in [1.807, 2.05) is 0 Å². The molecule has 0 fully saturated rings. The van der Waals surface area contributed by atoms with E-state index in [0.717, 1.165) is 6.54 Å². The number of hydrogen-bond donors (Lipinski definition) is 0. The lowest BCUT2D eigenvalue weighted by molar-refractivity contribution is -0.138. The highest BCUT2D eigenvalue weighted by atomic mass is 16.5. The zero-order chi connectivity index (χ0) is 11.7. The van der Waals surface area contributed by atoms with Crippen LogP contribution in [0.2, 0.25) is 0 Å². The Kier molecular flexibility index (Phi) is 7.24. The van der Waals surface area contributed by atoms with Crippen molar-refractivity contribution in [1.82, 2.24) is 0 Å². The molecule has 0 heterocycles. The minimum atomic E-state index is -0.383. The van der Waals surface area contributed by atoms with Crippen LogP contribution in [0.5, 0.6) is 0 Å². The summed E-state index contributed by atoms with van der Waals surface area (Å²) in [6.07, 6.45) is 4.97. The third-order valence-electron chi connectivity index (χ3n) is 1.50. The first kappa shape index (κ1) is 13.6. The number of carbonyl (C=O) groups is 1. The highest BCUT2D eigenvalue weighted by molar-refractivity contribution is 5.92. The summed E-state index contributed by atoms with van der Waals surface area (Å²) in [5.41, 5.74) is 0.341. The summed E-state index contributed by atoms with van der Waals surface area (Å²) in [6, 6.07) is 0. The van der Waals surface area contributed by atoms with Gasteiger partial charge in [0.25, 0.3) is 0 Å². The molecular formula is C12H19NO2. The molecule has 0 aromatic rings. The molecule has 0 amide bonds. The van der Waals surface area contributed by atoms with Gasteiger partial charge in [0, 0.05) is 12.8 Å². The van der Waals surface area contributed by atoms with E-state index in [9.17, 15) is 4.79 Å². The normalized spacial score (nSPS) is 11.5. The summed E-state index contributed by atoms with van der Waals surface area (Å²) in [4.78, 5) is 15.2. The zero-order valence-electron chi connectivity index (χ0n) is 9.69. The predicted octanol–water partition coefficient (Wildman–Crippen LogP) is 2.39. The first-order chi connectivity index (χ1) is 7.07. The van der Waals surface area contributed by atoms with Crippen LogP contribution in [0.25, 0.3) is 0 Å². The molecule has 0 atom stereocenters. The second-order valence-corrected chi connectivity index (χ2v) is 3.51. The molecule has 0 radical (unpaired) electrons. The summed E-state index contributed by atoms with van der Waals surface area (Å²) in [5, 5.41) is 0. The Morgan fingerprint density at radius 2 is 2.20 bits per heavy atom. The summed E-state index contributed by atoms with van der Waals surface area (Å²) in [5.74, 6) is 0.161. The van der Waals surface area contributed by atoms with Crippen LogP contribution in [-0.4, -0.2) is 25.3 Å². The SMILES string of the molecule is C=C(/C=C\C=NCC(C)C)C(=O)OCC. The van der Waals surface area contributed by atoms with Gasteiger partial charge in [-0.15, -0.1) is 0 Å². The topological polar surface area (TPSA) is 38.7 Å². The summed E-state index contributed by atoms with van der Waals surface area (Å²) in [6.45, 7) is 10.7. The van der Waals surface area contributed by atoms with Crippen LogP contribution >= 0.6 is 0 Å². The highest BCUT2D eigenvalue weighted by Crippen LogP contribution is 1.96. The second kappa shape index (κ2) is 7.97. The number of hydrogen-bond acceptors (Lipinski definition) is 3. The van der Waals surface area contributed by atoms with E-state index in [4.69, 9.17) is 4.74 Å². The smallest absolute Gasteiger partial charge is 0.337 e. The van der Waals surface area contributed by atoms with Gasteiger partial charge in [-0.3, -0.25) is 4.99 Å². The maximum Gasteiger partial charge on any atom is 0.337 e. The van der Waals surface area contributed by atoms with E-state index in [2.05, 4.69) is 25.4 Å². The van der Waals surface area contributed by atoms with Gasteiger partial charge < -0.3 is 4.74 Å². The first-order valence-corrected chi connectivity index (χ1v) is 5.10. The number of rotatable bonds is 6. The standard InChI is InChI=1S/C12H19NO2/c1-5-15-12(14)11(4)7-6-8-13-9-10(2)3/h6-8,10H,4-5,9H2,1-3H3/b7-6-,13-8?. The average Bonchev–Trinajstić information content (AvgIpc) is 2.16. The molecule has 0 N–H and O–H groups in total. The summed E-state index contributed by atoms with van der Waals surface area (Å²) in [7, 11) is 0. The summed E-state index contributed by atoms with van der Waals surface area (Å²) < 4.78 is 4.76. The molecule has 3 nitrogen and oxygen atoms in total. The largest absolute Gasteiger partial charge is 0.462 e. The van der Waals surface area contributed by atoms with Gasteiger partial charge in [0.05, 0.1) is 12.2 Å². The molecule has 0 bridgehead atoms. The van der Waals surface area contributed by atoms with Crippen LogP contribution in [0.4, 0.5) is 0 Å². The molecule has 0 aliphatic heterocycles. The maximum absolute atomic E-state index is 11.1. The Morgan fingerprint density at radius 1 is 1.53 bits per heavy atom. The molecule has 3 heteroatoms. The van der Waals surface area contributed by atoms with Crippen molar-refractivity contribution in [3.8, 4) is 0 Å². The molecule has 0 spiro atoms. The van der Waals surface area contributed by atoms with Gasteiger partial charge >= 0.3 is 5.97 Å². The Labute approximate surface area is 91.5 Å². The van der Waals surface area contributed by atoms with Crippen molar-refractivity contribution in [3.63, 3.8) is 0 Å². The van der Waals surface area contributed by atoms with Crippen LogP contribution in [0.3, 0.4) is 0 Å². The molecule has 0 rings (SSSR count). The molecule has 0 saturated carbocycles. The molecule has 0 aliphatic rings. The number of ether oxygens (including phenoxy) is 1. The molecular weight excluding hydrogens is 190 g/mol. The van der Waals surface area contributed by atoms with Crippen molar-refractivity contribution >= 4 is 12.2 Å². The number of esters is 1. The molecule has 0 saturated heterocycles. The monoisotopic (exact) mass is 209 g/mol. The average molecular weight is 209 g/mol. The number of nitrogens with zero attached hydrogens (tertiary/aromatic N) is 1. The first-order valence-electron chi connectivity index (χ1n) is 5.10. The quantitative estimate of drug-likeness (QED) is 0.291. The van der Waals surface area contributed by atoms with E-state index in [0.29, 0.717) is 18.1 Å². The minimum Gasteiger partial charge on any atom is -0.462 e. The Balaban J connectivity index is 3.91. The van der Waals surface area contributed by atoms with Gasteiger partial charge in [-0.05, 0) is 25.0 Å². The highest BCUT2D eigenvalue weighted by Gasteiger charge is 2.01. The molecule has 0 aliphatic carbocycles. The second-order valence-electron chi connectivity index (χ2n) is 3.51. The molecule has 0 aromatic carbocycles. The van der Waals surface area contributed by atoms with Crippen LogP contribution in [0.1, 0.15) is 20.8 Å². The van der Waals surface area contributed by atoms with Crippen molar-refractivity contribution in [1.29, 1.82) is 0 Å². The van der Waals surface area contributed by atoms with E-state index in [-0.39, 0.29) is 5.97 Å². The third-order valence-corrected chi connectivity index (χ3v) is 1.50. The lowest BCUT2D eigenvalue weighted by Crippen LogP contribution is -2.04. The fourth-order valence-electron chi connectivity index (χ4n) is 0.784. The van der Waals surface area contributed by atoms with Gasteiger partial charge in [0.1, 0.15) is 0 Å². The lowest BCUT2D eigenvalue weighted by Gasteiger charge is -1.99. The van der Waals surface area contributed by atoms with E-state index >= 15 is 0 Å². The molecule has 84 valence electrons. The number of carbonyl (C=O) groups excluding carboxylic acids is 1. The fraction of sp³-hybridized carbons (Fsp3) is 0.500. The van der Waals surface area contributed by atoms with Gasteiger partial charge in [-0.2, -0.15) is 0 Å². The van der Waals surface area contributed by atoms with Gasteiger partial charge in [0.15, 0.2) is 0 Å². The third kappa shape index (κ3) is 7.67. The summed E-state index contributed by atoms with van der Waals surface area (Å²) >= 11 is 0. The van der Waals surface area contributed by atoms with Gasteiger partial charge in [-0.1, -0.05) is 20.4 Å². The maximum atomic E-state index is 11.1. The van der Waals surface area contributed by atoms with Gasteiger partial charge in [0.2, 0.25) is 0 Å². The minimum absolute atomic E-state index is 0.341. The van der Waals surface area contributed by atoms with Crippen molar-refractivity contribution in [2.75, 3.05) is 13.2 Å². The van der Waals surface area contributed by atoms with E-state index < -0.39 is 0 Å². The fourth-order valence-corrected chi connectivity index (χ4v) is 0.784. The Hall–Kier alpha value is -1.38. The van der Waals surface area contributed by atoms with E-state index in [1.54, 1.807) is 25.3 Å².